The minimum absolute atomic E-state index is 0.0863. The lowest BCUT2D eigenvalue weighted by Gasteiger charge is -2.36. The maximum absolute atomic E-state index is 11.0. The van der Waals surface area contributed by atoms with E-state index in [0.717, 1.165) is 20.2 Å². The Morgan fingerprint density at radius 3 is 1.58 bits per heavy atom. The Bertz CT molecular complexity index is 1030. The number of nitrogens with zero attached hydrogens (tertiary/aromatic N) is 1. The van der Waals surface area contributed by atoms with Crippen LogP contribution in [0.25, 0.3) is 0 Å². The lowest BCUT2D eigenvalue weighted by atomic mass is 10.2. The van der Waals surface area contributed by atoms with Gasteiger partial charge in [-0.05, 0) is 54.5 Å². The summed E-state index contributed by atoms with van der Waals surface area (Å²) in [5.74, 6) is 0. The quantitative estimate of drug-likeness (QED) is 0.138. The van der Waals surface area contributed by atoms with E-state index in [2.05, 4.69) is 99.6 Å². The Hall–Kier alpha value is -1.05. The Labute approximate surface area is 236 Å². The van der Waals surface area contributed by atoms with Gasteiger partial charge in [-0.25, -0.2) is 0 Å². The van der Waals surface area contributed by atoms with E-state index in [1.54, 1.807) is 12.1 Å². The first kappa shape index (κ1) is 33.0. The van der Waals surface area contributed by atoms with Crippen LogP contribution in [0, 0.1) is 10.1 Å². The number of hydrogen-bond acceptors (Lipinski definition) is 5. The summed E-state index contributed by atoms with van der Waals surface area (Å²) in [5.41, 5.74) is 8.52. The molecule has 0 aromatic heterocycles. The zero-order valence-electron chi connectivity index (χ0n) is 23.3. The molecule has 202 valence electrons. The van der Waals surface area contributed by atoms with Gasteiger partial charge < -0.3 is 14.6 Å². The fourth-order valence-corrected chi connectivity index (χ4v) is 5.37. The second kappa shape index (κ2) is 12.7. The fraction of sp³-hybridized carbons (Fsp3) is 0.538. The standard InChI is InChI=1S/C13H20BrNO3Si.C13H22BrNOSi/c1-13(2,3)19(4,5)18-9-10-11(14)7-6-8-12(10)15(16)17;1-13(2,3)17(4,5)16-9-10-11(14)7-6-8-12(10)15/h6-8H,9H2,1-5H3;6-8H,9,15H2,1-5H3. The van der Waals surface area contributed by atoms with Crippen molar-refractivity contribution in [3.05, 3.63) is 66.6 Å². The van der Waals surface area contributed by atoms with Crippen LogP contribution in [0.1, 0.15) is 52.7 Å². The maximum Gasteiger partial charge on any atom is 0.276 e. The van der Waals surface area contributed by atoms with Gasteiger partial charge in [-0.1, -0.05) is 85.5 Å². The van der Waals surface area contributed by atoms with Crippen LogP contribution in [0.15, 0.2) is 45.3 Å². The van der Waals surface area contributed by atoms with Crippen molar-refractivity contribution in [3.63, 3.8) is 0 Å². The molecular weight excluding hydrogens is 620 g/mol. The molecule has 6 nitrogen and oxygen atoms in total. The van der Waals surface area contributed by atoms with E-state index in [9.17, 15) is 10.1 Å². The molecule has 0 spiro atoms. The van der Waals surface area contributed by atoms with E-state index in [4.69, 9.17) is 14.6 Å². The summed E-state index contributed by atoms with van der Waals surface area (Å²) in [6, 6.07) is 10.8. The largest absolute Gasteiger partial charge is 0.412 e. The zero-order chi connectivity index (χ0) is 28.1. The normalized spacial score (nSPS) is 12.7. The van der Waals surface area contributed by atoms with Crippen molar-refractivity contribution in [2.75, 3.05) is 5.73 Å². The van der Waals surface area contributed by atoms with Gasteiger partial charge in [0.25, 0.3) is 5.69 Å². The minimum atomic E-state index is -1.91. The number of nitrogens with two attached hydrogens (primary N) is 1. The van der Waals surface area contributed by atoms with Crippen molar-refractivity contribution < 1.29 is 13.8 Å². The molecule has 10 heteroatoms. The van der Waals surface area contributed by atoms with Crippen LogP contribution >= 0.6 is 31.9 Å². The zero-order valence-corrected chi connectivity index (χ0v) is 28.5. The van der Waals surface area contributed by atoms with Gasteiger partial charge in [0.2, 0.25) is 0 Å². The molecular formula is C26H42Br2N2O4Si2. The third-order valence-electron chi connectivity index (χ3n) is 7.21. The third kappa shape index (κ3) is 9.06. The average molecular weight is 663 g/mol. The van der Waals surface area contributed by atoms with E-state index < -0.39 is 16.6 Å². The topological polar surface area (TPSA) is 87.6 Å². The van der Waals surface area contributed by atoms with Crippen LogP contribution < -0.4 is 5.73 Å². The van der Waals surface area contributed by atoms with Crippen LogP contribution in [0.2, 0.25) is 36.3 Å². The van der Waals surface area contributed by atoms with Gasteiger partial charge in [0.15, 0.2) is 16.6 Å². The van der Waals surface area contributed by atoms with Gasteiger partial charge in [0, 0.05) is 26.3 Å². The lowest BCUT2D eigenvalue weighted by molar-refractivity contribution is -0.385. The van der Waals surface area contributed by atoms with Crippen molar-refractivity contribution in [2.24, 2.45) is 0 Å². The molecule has 0 saturated heterocycles. The summed E-state index contributed by atoms with van der Waals surface area (Å²) in [7, 11) is -3.62. The number of nitro benzene ring substituents is 1. The molecule has 0 aliphatic rings. The highest BCUT2D eigenvalue weighted by molar-refractivity contribution is 9.10. The second-order valence-corrected chi connectivity index (χ2v) is 23.2. The fourth-order valence-electron chi connectivity index (χ4n) is 2.53. The van der Waals surface area contributed by atoms with E-state index in [1.807, 2.05) is 18.2 Å². The molecule has 0 heterocycles. The minimum Gasteiger partial charge on any atom is -0.412 e. The first-order valence-electron chi connectivity index (χ1n) is 11.9. The summed E-state index contributed by atoms with van der Waals surface area (Å²) in [6.45, 7) is 22.8. The molecule has 36 heavy (non-hydrogen) atoms. The van der Waals surface area contributed by atoms with E-state index in [1.165, 1.54) is 6.07 Å². The van der Waals surface area contributed by atoms with Gasteiger partial charge in [0.05, 0.1) is 23.7 Å². The molecule has 0 aliphatic heterocycles. The van der Waals surface area contributed by atoms with Gasteiger partial charge in [-0.15, -0.1) is 0 Å². The number of benzene rings is 2. The first-order valence-corrected chi connectivity index (χ1v) is 19.3. The third-order valence-corrected chi connectivity index (χ3v) is 17.7. The molecule has 0 aliphatic carbocycles. The van der Waals surface area contributed by atoms with Gasteiger partial charge >= 0.3 is 0 Å². The second-order valence-electron chi connectivity index (χ2n) is 11.9. The van der Waals surface area contributed by atoms with Crippen LogP contribution in [-0.4, -0.2) is 21.6 Å². The number of nitro groups is 1. The predicted octanol–water partition coefficient (Wildman–Crippen LogP) is 9.43. The molecule has 0 saturated carbocycles. The highest BCUT2D eigenvalue weighted by atomic mass is 79.9. The molecule has 2 aromatic carbocycles. The Balaban J connectivity index is 0.000000362. The van der Waals surface area contributed by atoms with Crippen LogP contribution in [0.3, 0.4) is 0 Å². The van der Waals surface area contributed by atoms with Crippen LogP contribution in [-0.2, 0) is 22.1 Å². The number of rotatable bonds is 7. The lowest BCUT2D eigenvalue weighted by Crippen LogP contribution is -2.40. The molecule has 0 fully saturated rings. The highest BCUT2D eigenvalue weighted by Crippen LogP contribution is 2.39. The Morgan fingerprint density at radius 2 is 1.19 bits per heavy atom. The first-order chi connectivity index (χ1) is 16.2. The van der Waals surface area contributed by atoms with E-state index in [-0.39, 0.29) is 27.3 Å². The van der Waals surface area contributed by atoms with Crippen molar-refractivity contribution >= 4 is 59.9 Å². The number of hydrogen-bond donors (Lipinski definition) is 1. The van der Waals surface area contributed by atoms with Crippen molar-refractivity contribution in [1.29, 1.82) is 0 Å². The molecule has 0 atom stereocenters. The molecule has 0 radical (unpaired) electrons. The number of anilines is 1. The molecule has 0 unspecified atom stereocenters. The molecule has 2 N–H and O–H groups in total. The maximum atomic E-state index is 11.0. The predicted molar refractivity (Wildman–Crippen MR) is 163 cm³/mol. The Kier molecular flexibility index (Phi) is 11.6. The van der Waals surface area contributed by atoms with Crippen molar-refractivity contribution in [2.45, 2.75) is 91.0 Å². The molecule has 0 amide bonds. The summed E-state index contributed by atoms with van der Waals surface area (Å²) < 4.78 is 14.0. The van der Waals surface area contributed by atoms with E-state index in [0.29, 0.717) is 12.2 Å². The van der Waals surface area contributed by atoms with E-state index >= 15 is 0 Å². The highest BCUT2D eigenvalue weighted by Gasteiger charge is 2.38. The van der Waals surface area contributed by atoms with Crippen molar-refractivity contribution in [1.82, 2.24) is 0 Å². The van der Waals surface area contributed by atoms with Gasteiger partial charge in [-0.2, -0.15) is 0 Å². The molecule has 2 rings (SSSR count). The average Bonchev–Trinajstić information content (AvgIpc) is 2.71. The smallest absolute Gasteiger partial charge is 0.276 e. The van der Waals surface area contributed by atoms with Gasteiger partial charge in [0.1, 0.15) is 0 Å². The molecule has 0 bridgehead atoms. The van der Waals surface area contributed by atoms with Gasteiger partial charge in [-0.3, -0.25) is 10.1 Å². The summed E-state index contributed by atoms with van der Waals surface area (Å²) in [5, 5.41) is 11.3. The number of halogens is 2. The summed E-state index contributed by atoms with van der Waals surface area (Å²) in [6.07, 6.45) is 0. The van der Waals surface area contributed by atoms with Crippen LogP contribution in [0.4, 0.5) is 11.4 Å². The van der Waals surface area contributed by atoms with Crippen LogP contribution in [0.5, 0.6) is 0 Å². The monoisotopic (exact) mass is 660 g/mol. The Morgan fingerprint density at radius 1 is 0.806 bits per heavy atom. The van der Waals surface area contributed by atoms with Crippen molar-refractivity contribution in [3.8, 4) is 0 Å². The summed E-state index contributed by atoms with van der Waals surface area (Å²) in [4.78, 5) is 10.7. The SMILES string of the molecule is CC(C)(C)[Si](C)(C)OCc1c(Br)cccc1[N+](=O)[O-].CC(C)(C)[Si](C)(C)OCc1c(N)cccc1Br. The summed E-state index contributed by atoms with van der Waals surface area (Å²) >= 11 is 6.89. The molecule has 2 aromatic rings. The number of nitrogen functional groups attached to an aromatic ring is 1.